The summed E-state index contributed by atoms with van der Waals surface area (Å²) in [6.45, 7) is 7.65. The Kier molecular flexibility index (Phi) is 7.20. The van der Waals surface area contributed by atoms with Gasteiger partial charge in [0, 0.05) is 59.3 Å². The molecular weight excluding hydrogens is 486 g/mol. The van der Waals surface area contributed by atoms with Crippen LogP contribution in [0, 0.1) is 0 Å². The van der Waals surface area contributed by atoms with E-state index in [2.05, 4.69) is 51.5 Å². The standard InChI is InChI=1S/C28H28ClN7O/c1-3-26(37)30-20-5-7-21(8-6-20)31-27-24-18-19(29)4-13-25(24)33-28(34-27)32-22-9-11-23(12-10-22)36-16-14-35(2)15-17-36/h3-13,18H,1,14-17H2,2H3,(H,30,37)(H2,31,32,33,34). The molecule has 4 aromatic rings. The van der Waals surface area contributed by atoms with Gasteiger partial charge in [-0.2, -0.15) is 4.98 Å². The van der Waals surface area contributed by atoms with E-state index in [4.69, 9.17) is 21.6 Å². The number of piperazine rings is 1. The van der Waals surface area contributed by atoms with Crippen LogP contribution < -0.4 is 20.9 Å². The van der Waals surface area contributed by atoms with Gasteiger partial charge in [0.15, 0.2) is 0 Å². The van der Waals surface area contributed by atoms with Gasteiger partial charge in [0.05, 0.1) is 5.52 Å². The monoisotopic (exact) mass is 513 g/mol. The van der Waals surface area contributed by atoms with Crippen LogP contribution in [0.25, 0.3) is 10.9 Å². The molecule has 3 aromatic carbocycles. The molecule has 1 fully saturated rings. The van der Waals surface area contributed by atoms with E-state index in [1.807, 2.05) is 42.5 Å². The summed E-state index contributed by atoms with van der Waals surface area (Å²) in [5, 5.41) is 10.8. The molecule has 37 heavy (non-hydrogen) atoms. The fourth-order valence-corrected chi connectivity index (χ4v) is 4.34. The number of nitrogens with one attached hydrogen (secondary N) is 3. The van der Waals surface area contributed by atoms with Crippen LogP contribution >= 0.6 is 11.6 Å². The van der Waals surface area contributed by atoms with Crippen molar-refractivity contribution in [2.45, 2.75) is 0 Å². The summed E-state index contributed by atoms with van der Waals surface area (Å²) in [6, 6.07) is 21.2. The van der Waals surface area contributed by atoms with Gasteiger partial charge in [-0.3, -0.25) is 4.79 Å². The van der Waals surface area contributed by atoms with Crippen LogP contribution in [0.2, 0.25) is 5.02 Å². The maximum atomic E-state index is 11.5. The summed E-state index contributed by atoms with van der Waals surface area (Å²) in [4.78, 5) is 25.7. The molecule has 0 saturated carbocycles. The van der Waals surface area contributed by atoms with Crippen molar-refractivity contribution in [3.05, 3.63) is 84.4 Å². The SMILES string of the molecule is C=CC(=O)Nc1ccc(Nc2nc(Nc3ccc(N4CCN(C)CC4)cc3)nc3ccc(Cl)cc23)cc1. The van der Waals surface area contributed by atoms with E-state index >= 15 is 0 Å². The second kappa shape index (κ2) is 10.9. The molecule has 188 valence electrons. The van der Waals surface area contributed by atoms with Crippen molar-refractivity contribution >= 4 is 62.9 Å². The molecule has 3 N–H and O–H groups in total. The normalized spacial score (nSPS) is 13.8. The average Bonchev–Trinajstić information content (AvgIpc) is 2.91. The van der Waals surface area contributed by atoms with Crippen molar-refractivity contribution in [2.24, 2.45) is 0 Å². The number of halogens is 1. The summed E-state index contributed by atoms with van der Waals surface area (Å²) in [7, 11) is 2.16. The largest absolute Gasteiger partial charge is 0.369 e. The fourth-order valence-electron chi connectivity index (χ4n) is 4.17. The van der Waals surface area contributed by atoms with Gasteiger partial charge in [-0.25, -0.2) is 4.98 Å². The Labute approximate surface area is 221 Å². The quantitative estimate of drug-likeness (QED) is 0.275. The maximum absolute atomic E-state index is 11.5. The first-order valence-corrected chi connectivity index (χ1v) is 12.4. The minimum atomic E-state index is -0.260. The topological polar surface area (TPSA) is 85.4 Å². The minimum Gasteiger partial charge on any atom is -0.369 e. The Morgan fingerprint density at radius 3 is 2.24 bits per heavy atom. The van der Waals surface area contributed by atoms with Gasteiger partial charge in [0.1, 0.15) is 5.82 Å². The molecule has 9 heteroatoms. The number of nitrogens with zero attached hydrogens (tertiary/aromatic N) is 4. The smallest absolute Gasteiger partial charge is 0.247 e. The molecule has 0 spiro atoms. The number of rotatable bonds is 7. The van der Waals surface area contributed by atoms with Crippen LogP contribution in [0.1, 0.15) is 0 Å². The number of benzene rings is 3. The lowest BCUT2D eigenvalue weighted by Crippen LogP contribution is -2.44. The molecule has 5 rings (SSSR count). The van der Waals surface area contributed by atoms with Gasteiger partial charge in [-0.1, -0.05) is 18.2 Å². The van der Waals surface area contributed by atoms with E-state index in [0.29, 0.717) is 22.5 Å². The first-order chi connectivity index (χ1) is 18.0. The molecule has 0 aliphatic carbocycles. The van der Waals surface area contributed by atoms with Crippen LogP contribution in [-0.4, -0.2) is 54.0 Å². The Morgan fingerprint density at radius 2 is 1.54 bits per heavy atom. The van der Waals surface area contributed by atoms with E-state index in [-0.39, 0.29) is 5.91 Å². The average molecular weight is 514 g/mol. The Hall–Kier alpha value is -4.14. The number of carbonyl (C=O) groups excluding carboxylic acids is 1. The van der Waals surface area contributed by atoms with Crippen LogP contribution in [0.4, 0.5) is 34.5 Å². The zero-order chi connectivity index (χ0) is 25.8. The molecule has 1 saturated heterocycles. The van der Waals surface area contributed by atoms with Gasteiger partial charge in [-0.15, -0.1) is 0 Å². The van der Waals surface area contributed by atoms with Gasteiger partial charge < -0.3 is 25.8 Å². The summed E-state index contributed by atoms with van der Waals surface area (Å²) in [5.41, 5.74) is 4.35. The highest BCUT2D eigenvalue weighted by Crippen LogP contribution is 2.29. The number of hydrogen-bond acceptors (Lipinski definition) is 7. The second-order valence-electron chi connectivity index (χ2n) is 8.92. The van der Waals surface area contributed by atoms with E-state index < -0.39 is 0 Å². The lowest BCUT2D eigenvalue weighted by atomic mass is 10.2. The van der Waals surface area contributed by atoms with Crippen LogP contribution in [0.15, 0.2) is 79.4 Å². The Balaban J connectivity index is 1.37. The highest BCUT2D eigenvalue weighted by atomic mass is 35.5. The first-order valence-electron chi connectivity index (χ1n) is 12.1. The molecule has 1 aromatic heterocycles. The van der Waals surface area contributed by atoms with Crippen molar-refractivity contribution < 1.29 is 4.79 Å². The van der Waals surface area contributed by atoms with Gasteiger partial charge in [-0.05, 0) is 79.9 Å². The van der Waals surface area contributed by atoms with E-state index in [1.54, 1.807) is 12.1 Å². The minimum absolute atomic E-state index is 0.260. The fraction of sp³-hybridized carbons (Fsp3) is 0.179. The van der Waals surface area contributed by atoms with Crippen molar-refractivity contribution in [3.63, 3.8) is 0 Å². The molecule has 1 amide bonds. The van der Waals surface area contributed by atoms with Crippen molar-refractivity contribution in [2.75, 3.05) is 54.1 Å². The first kappa shape index (κ1) is 24.5. The summed E-state index contributed by atoms with van der Waals surface area (Å²) in [6.07, 6.45) is 1.23. The van der Waals surface area contributed by atoms with Crippen molar-refractivity contribution in [1.29, 1.82) is 0 Å². The number of likely N-dealkylation sites (N-methyl/N-ethyl adjacent to an activating group) is 1. The number of anilines is 6. The zero-order valence-electron chi connectivity index (χ0n) is 20.5. The van der Waals surface area contributed by atoms with Gasteiger partial charge >= 0.3 is 0 Å². The molecule has 2 heterocycles. The van der Waals surface area contributed by atoms with Crippen molar-refractivity contribution in [1.82, 2.24) is 14.9 Å². The third-order valence-electron chi connectivity index (χ3n) is 6.25. The molecule has 0 atom stereocenters. The van der Waals surface area contributed by atoms with Crippen LogP contribution in [0.3, 0.4) is 0 Å². The second-order valence-corrected chi connectivity index (χ2v) is 9.35. The molecular formula is C28H28ClN7O. The lowest BCUT2D eigenvalue weighted by Gasteiger charge is -2.34. The third kappa shape index (κ3) is 5.99. The highest BCUT2D eigenvalue weighted by Gasteiger charge is 2.14. The van der Waals surface area contributed by atoms with Crippen LogP contribution in [-0.2, 0) is 4.79 Å². The Bertz CT molecular complexity index is 1420. The Morgan fingerprint density at radius 1 is 0.892 bits per heavy atom. The highest BCUT2D eigenvalue weighted by molar-refractivity contribution is 6.31. The molecule has 0 radical (unpaired) electrons. The van der Waals surface area contributed by atoms with Gasteiger partial charge in [0.25, 0.3) is 0 Å². The molecule has 1 aliphatic rings. The summed E-state index contributed by atoms with van der Waals surface area (Å²) >= 11 is 6.28. The molecule has 0 unspecified atom stereocenters. The maximum Gasteiger partial charge on any atom is 0.247 e. The van der Waals surface area contributed by atoms with Gasteiger partial charge in [0.2, 0.25) is 11.9 Å². The number of aromatic nitrogens is 2. The number of fused-ring (bicyclic) bond motifs is 1. The van der Waals surface area contributed by atoms with E-state index in [9.17, 15) is 4.79 Å². The predicted molar refractivity (Wildman–Crippen MR) is 153 cm³/mol. The summed E-state index contributed by atoms with van der Waals surface area (Å²) in [5.74, 6) is 0.830. The van der Waals surface area contributed by atoms with E-state index in [1.165, 1.54) is 11.8 Å². The third-order valence-corrected chi connectivity index (χ3v) is 6.49. The molecule has 8 nitrogen and oxygen atoms in total. The number of hydrogen-bond donors (Lipinski definition) is 3. The van der Waals surface area contributed by atoms with Crippen molar-refractivity contribution in [3.8, 4) is 0 Å². The van der Waals surface area contributed by atoms with E-state index in [0.717, 1.165) is 48.5 Å². The predicted octanol–water partition coefficient (Wildman–Crippen LogP) is 5.65. The molecule has 1 aliphatic heterocycles. The van der Waals surface area contributed by atoms with Crippen LogP contribution in [0.5, 0.6) is 0 Å². The molecule has 0 bridgehead atoms. The zero-order valence-corrected chi connectivity index (χ0v) is 21.3. The number of amides is 1. The lowest BCUT2D eigenvalue weighted by molar-refractivity contribution is -0.111. The summed E-state index contributed by atoms with van der Waals surface area (Å²) < 4.78 is 0. The number of carbonyl (C=O) groups is 1.